The third-order valence-corrected chi connectivity index (χ3v) is 3.61. The van der Waals surface area contributed by atoms with Gasteiger partial charge in [0.05, 0.1) is 5.69 Å². The molecule has 1 aromatic carbocycles. The first kappa shape index (κ1) is 21.1. The van der Waals surface area contributed by atoms with Crippen LogP contribution in [0.1, 0.15) is 5.56 Å². The number of hydrogen-bond donors (Lipinski definition) is 3. The summed E-state index contributed by atoms with van der Waals surface area (Å²) in [6.45, 7) is 0.218. The van der Waals surface area contributed by atoms with Gasteiger partial charge in [-0.25, -0.2) is 9.71 Å². The lowest BCUT2D eigenvalue weighted by molar-refractivity contribution is 0.522. The van der Waals surface area contributed by atoms with Crippen molar-refractivity contribution < 1.29 is 8.76 Å². The Morgan fingerprint density at radius 1 is 1.16 bits per heavy atom. The van der Waals surface area contributed by atoms with Crippen molar-refractivity contribution in [1.82, 2.24) is 14.7 Å². The van der Waals surface area contributed by atoms with E-state index in [1.165, 1.54) is 6.07 Å². The number of nitrogens with zero attached hydrogens (tertiary/aromatic N) is 1. The number of H-pyrrole nitrogens is 1. The zero-order valence-electron chi connectivity index (χ0n) is 12.7. The van der Waals surface area contributed by atoms with Crippen LogP contribution in [0.5, 0.6) is 0 Å². The first-order valence-electron chi connectivity index (χ1n) is 6.78. The number of benzene rings is 1. The Bertz CT molecular complexity index is 936. The van der Waals surface area contributed by atoms with Crippen molar-refractivity contribution in [3.8, 4) is 0 Å². The molecule has 0 bridgehead atoms. The highest BCUT2D eigenvalue weighted by Crippen LogP contribution is 2.23. The maximum absolute atomic E-state index is 11.4. The number of fused-ring (bicyclic) bond motifs is 1. The van der Waals surface area contributed by atoms with Gasteiger partial charge in [-0.05, 0) is 29.8 Å². The van der Waals surface area contributed by atoms with Crippen LogP contribution in [0.4, 0.5) is 11.4 Å². The topological polar surface area (TPSA) is 110 Å². The highest BCUT2D eigenvalue weighted by Gasteiger charge is 2.04. The van der Waals surface area contributed by atoms with Gasteiger partial charge in [-0.1, -0.05) is 12.1 Å². The summed E-state index contributed by atoms with van der Waals surface area (Å²) in [5, 5.41) is 4.04. The number of aromatic nitrogens is 2. The Morgan fingerprint density at radius 3 is 2.72 bits per heavy atom. The van der Waals surface area contributed by atoms with E-state index in [0.717, 1.165) is 22.3 Å². The van der Waals surface area contributed by atoms with Crippen molar-refractivity contribution in [3.63, 3.8) is 0 Å². The third-order valence-electron chi connectivity index (χ3n) is 3.23. The fraction of sp³-hybridized carbons (Fsp3) is 0.0667. The smallest absolute Gasteiger partial charge is 0.249 e. The molecule has 0 fully saturated rings. The van der Waals surface area contributed by atoms with E-state index in [-0.39, 0.29) is 36.9 Å². The van der Waals surface area contributed by atoms with Gasteiger partial charge in [-0.3, -0.25) is 9.00 Å². The van der Waals surface area contributed by atoms with E-state index in [9.17, 15) is 13.6 Å². The van der Waals surface area contributed by atoms with Crippen LogP contribution in [0.2, 0.25) is 0 Å². The first-order valence-corrected chi connectivity index (χ1v) is 7.86. The van der Waals surface area contributed by atoms with Crippen molar-refractivity contribution in [2.45, 2.75) is 6.54 Å². The molecule has 2 aromatic heterocycles. The molecule has 0 aliphatic carbocycles. The van der Waals surface area contributed by atoms with Crippen molar-refractivity contribution in [2.75, 3.05) is 5.32 Å². The van der Waals surface area contributed by atoms with Crippen molar-refractivity contribution >= 4 is 58.5 Å². The van der Waals surface area contributed by atoms with Crippen LogP contribution in [0.15, 0.2) is 53.5 Å². The Kier molecular flexibility index (Phi) is 8.01. The number of nitrogens with one attached hydrogen (secondary N) is 3. The van der Waals surface area contributed by atoms with Crippen molar-refractivity contribution in [1.29, 1.82) is 0 Å². The third kappa shape index (κ3) is 5.52. The second kappa shape index (κ2) is 9.50. The fourth-order valence-electron chi connectivity index (χ4n) is 2.22. The summed E-state index contributed by atoms with van der Waals surface area (Å²) >= 11 is -2.29. The van der Waals surface area contributed by atoms with Crippen LogP contribution >= 0.6 is 24.8 Å². The molecule has 0 amide bonds. The molecule has 3 aromatic rings. The lowest BCUT2D eigenvalue weighted by Gasteiger charge is -2.11. The molecular weight excluding hydrogens is 387 g/mol. The summed E-state index contributed by atoms with van der Waals surface area (Å²) in [7, 11) is 0. The lowest BCUT2D eigenvalue weighted by atomic mass is 10.2. The number of halogens is 2. The maximum atomic E-state index is 11.4. The molecule has 2 heterocycles. The molecular formula is C15H15Cl2N4O3S-. The molecule has 0 spiro atoms. The van der Waals surface area contributed by atoms with Gasteiger partial charge in [-0.15, -0.1) is 24.8 Å². The van der Waals surface area contributed by atoms with E-state index in [1.54, 1.807) is 18.3 Å². The van der Waals surface area contributed by atoms with Crippen LogP contribution in [-0.2, 0) is 17.8 Å². The molecule has 0 saturated heterocycles. The maximum Gasteiger partial charge on any atom is 0.249 e. The minimum Gasteiger partial charge on any atom is -0.760 e. The molecule has 1 unspecified atom stereocenters. The second-order valence-corrected chi connectivity index (χ2v) is 5.58. The van der Waals surface area contributed by atoms with E-state index in [1.807, 2.05) is 24.3 Å². The molecule has 0 saturated carbocycles. The van der Waals surface area contributed by atoms with Gasteiger partial charge in [-0.2, -0.15) is 0 Å². The number of hydrogen-bond acceptors (Lipinski definition) is 5. The summed E-state index contributed by atoms with van der Waals surface area (Å²) in [6.07, 6.45) is 1.60. The summed E-state index contributed by atoms with van der Waals surface area (Å²) in [5.41, 5.74) is 2.72. The lowest BCUT2D eigenvalue weighted by Crippen LogP contribution is -2.15. The van der Waals surface area contributed by atoms with Gasteiger partial charge in [0.2, 0.25) is 5.56 Å². The molecule has 0 aliphatic rings. The van der Waals surface area contributed by atoms with E-state index in [4.69, 9.17) is 0 Å². The minimum absolute atomic E-state index is 0. The van der Waals surface area contributed by atoms with E-state index in [0.29, 0.717) is 5.65 Å². The van der Waals surface area contributed by atoms with Gasteiger partial charge in [0.25, 0.3) is 0 Å². The van der Waals surface area contributed by atoms with Gasteiger partial charge in [0.1, 0.15) is 5.65 Å². The van der Waals surface area contributed by atoms with Crippen LogP contribution in [0.25, 0.3) is 11.0 Å². The highest BCUT2D eigenvalue weighted by molar-refractivity contribution is 7.77. The average Bonchev–Trinajstić information content (AvgIpc) is 2.53. The highest BCUT2D eigenvalue weighted by atomic mass is 35.5. The van der Waals surface area contributed by atoms with Gasteiger partial charge < -0.3 is 14.9 Å². The molecule has 25 heavy (non-hydrogen) atoms. The largest absolute Gasteiger partial charge is 0.760 e. The standard InChI is InChI=1S/C15H14N4O3S.2ClH/c20-14-5-4-12-13(6-7-16-15(12)19-14)18-11-3-1-2-10(8-11)9-17-23(21)22;;/h1-8,17H,9H2,(H,21,22)(H2,16,18,19,20);2*1H/p-1. The van der Waals surface area contributed by atoms with Gasteiger partial charge in [0.15, 0.2) is 0 Å². The number of pyridine rings is 2. The van der Waals surface area contributed by atoms with Crippen LogP contribution in [0, 0.1) is 0 Å². The molecule has 134 valence electrons. The first-order chi connectivity index (χ1) is 11.1. The Balaban J connectivity index is 0.00000156. The average molecular weight is 402 g/mol. The zero-order chi connectivity index (χ0) is 16.2. The number of aromatic amines is 1. The van der Waals surface area contributed by atoms with Gasteiger partial charge >= 0.3 is 0 Å². The summed E-state index contributed by atoms with van der Waals surface area (Å²) in [4.78, 5) is 18.2. The molecule has 3 rings (SSSR count). The van der Waals surface area contributed by atoms with Crippen LogP contribution in [-0.4, -0.2) is 18.7 Å². The summed E-state index contributed by atoms with van der Waals surface area (Å²) < 4.78 is 23.4. The van der Waals surface area contributed by atoms with Gasteiger partial charge in [0, 0.05) is 41.1 Å². The monoisotopic (exact) mass is 401 g/mol. The Hall–Kier alpha value is -1.97. The fourth-order valence-corrected chi connectivity index (χ4v) is 2.51. The van der Waals surface area contributed by atoms with Crippen molar-refractivity contribution in [3.05, 3.63) is 64.6 Å². The normalized spacial score (nSPS) is 11.2. The predicted molar refractivity (Wildman–Crippen MR) is 102 cm³/mol. The summed E-state index contributed by atoms with van der Waals surface area (Å²) in [5.74, 6) is 0. The number of rotatable bonds is 5. The molecule has 0 radical (unpaired) electrons. The second-order valence-electron chi connectivity index (χ2n) is 4.82. The van der Waals surface area contributed by atoms with Crippen molar-refractivity contribution in [2.24, 2.45) is 0 Å². The predicted octanol–water partition coefficient (Wildman–Crippen LogP) is 2.39. The summed E-state index contributed by atoms with van der Waals surface area (Å²) in [6, 6.07) is 12.3. The van der Waals surface area contributed by atoms with E-state index < -0.39 is 11.3 Å². The molecule has 10 heteroatoms. The SMILES string of the molecule is Cl.Cl.O=c1ccc2c(Nc3cccc(CNS(=O)[O-])c3)ccnc2[nH]1. The van der Waals surface area contributed by atoms with E-state index in [2.05, 4.69) is 20.0 Å². The van der Waals surface area contributed by atoms with E-state index >= 15 is 0 Å². The molecule has 3 N–H and O–H groups in total. The quantitative estimate of drug-likeness (QED) is 0.568. The molecule has 7 nitrogen and oxygen atoms in total. The zero-order valence-corrected chi connectivity index (χ0v) is 15.2. The molecule has 1 atom stereocenters. The Morgan fingerprint density at radius 2 is 1.96 bits per heavy atom. The minimum atomic E-state index is -2.29. The Labute approximate surface area is 158 Å². The molecule has 0 aliphatic heterocycles. The number of anilines is 2. The van der Waals surface area contributed by atoms with Crippen LogP contribution in [0.3, 0.4) is 0 Å². The van der Waals surface area contributed by atoms with Crippen LogP contribution < -0.4 is 15.6 Å².